The second-order valence-electron chi connectivity index (χ2n) is 15.4. The molecule has 0 fully saturated rings. The number of aliphatic hydroxyl groups excluding tert-OH is 1. The maximum absolute atomic E-state index is 14.2. The molecule has 0 aliphatic rings. The molecule has 1 radical (unpaired) electrons. The van der Waals surface area contributed by atoms with E-state index >= 15 is 0 Å². The second kappa shape index (κ2) is 30.2. The molecule has 0 saturated heterocycles. The van der Waals surface area contributed by atoms with Gasteiger partial charge >= 0.3 is 35.7 Å². The molecule has 6 aromatic rings. The molecule has 76 heavy (non-hydrogen) atoms. The summed E-state index contributed by atoms with van der Waals surface area (Å²) in [4.78, 5) is 78.6. The molecule has 8 N–H and O–H groups in total. The van der Waals surface area contributed by atoms with Crippen LogP contribution in [-0.2, 0) is 41.8 Å². The number of hydrogen-bond donors (Lipinski definition) is 7. The number of ether oxygens (including phenoxy) is 3. The van der Waals surface area contributed by atoms with Crippen LogP contribution in [0.2, 0.25) is 16.4 Å². The fourth-order valence-electron chi connectivity index (χ4n) is 6.21. The van der Waals surface area contributed by atoms with Crippen molar-refractivity contribution in [3.8, 4) is 34.0 Å². The summed E-state index contributed by atoms with van der Waals surface area (Å²) in [5, 5.41) is 46.5. The normalized spacial score (nSPS) is 11.4. The Hall–Kier alpha value is -8.27. The van der Waals surface area contributed by atoms with Gasteiger partial charge in [0.2, 0.25) is 17.6 Å². The lowest BCUT2D eigenvalue weighted by molar-refractivity contribution is -0.164. The molecule has 6 rings (SSSR count). The molecule has 2 amide bonds. The van der Waals surface area contributed by atoms with Crippen LogP contribution in [0, 0.1) is 11.6 Å². The first kappa shape index (κ1) is 60.3. The van der Waals surface area contributed by atoms with Gasteiger partial charge in [0, 0.05) is 40.7 Å². The highest BCUT2D eigenvalue weighted by Gasteiger charge is 2.28. The van der Waals surface area contributed by atoms with E-state index in [1.54, 1.807) is 48.5 Å². The van der Waals surface area contributed by atoms with Crippen LogP contribution in [-0.4, -0.2) is 136 Å². The number of benzene rings is 4. The number of aliphatic carboxylic acids is 3. The van der Waals surface area contributed by atoms with Gasteiger partial charge in [0.25, 0.3) is 11.8 Å². The Kier molecular flexibility index (Phi) is 23.9. The first-order valence-electron chi connectivity index (χ1n) is 22.0. The number of nitrogens with zero attached hydrogens (tertiary/aromatic N) is 4. The molecule has 0 aliphatic heterocycles. The molecule has 4 aromatic carbocycles. The highest BCUT2D eigenvalue weighted by Crippen LogP contribution is 2.28. The number of hydrazine groups is 2. The van der Waals surface area contributed by atoms with Gasteiger partial charge in [0.15, 0.2) is 13.4 Å². The van der Waals surface area contributed by atoms with Gasteiger partial charge in [-0.25, -0.2) is 28.4 Å². The number of carboxylic acid groups (broad SMARTS) is 3. The lowest BCUT2D eigenvalue weighted by atomic mass is 9.76. The average Bonchev–Trinajstić information content (AvgIpc) is 4.10. The summed E-state index contributed by atoms with van der Waals surface area (Å²) in [6, 6.07) is 24.2. The monoisotopic (exact) mass is 1100 g/mol. The van der Waals surface area contributed by atoms with Crippen LogP contribution in [0.5, 0.6) is 11.8 Å². The van der Waals surface area contributed by atoms with Crippen molar-refractivity contribution in [2.45, 2.75) is 38.0 Å². The van der Waals surface area contributed by atoms with E-state index in [1.807, 2.05) is 0 Å². The third-order valence-electron chi connectivity index (χ3n) is 9.90. The number of methoxy groups -OCH3 is 2. The van der Waals surface area contributed by atoms with Crippen LogP contribution in [0.4, 0.5) is 8.78 Å². The van der Waals surface area contributed by atoms with Crippen molar-refractivity contribution in [3.63, 3.8) is 0 Å². The van der Waals surface area contributed by atoms with Crippen molar-refractivity contribution >= 4 is 72.4 Å². The number of nitrogens with two attached hydrogens (primary N) is 1. The maximum atomic E-state index is 14.2. The van der Waals surface area contributed by atoms with E-state index in [0.717, 1.165) is 0 Å². The van der Waals surface area contributed by atoms with Gasteiger partial charge < -0.3 is 54.2 Å². The van der Waals surface area contributed by atoms with Gasteiger partial charge in [-0.15, -0.1) is 0 Å². The molecular weight excluding hydrogens is 1050 g/mol. The predicted octanol–water partition coefficient (Wildman–Crippen LogP) is 4.75. The van der Waals surface area contributed by atoms with Crippen LogP contribution in [0.1, 0.15) is 38.7 Å². The first-order valence-corrected chi connectivity index (χ1v) is 22.7. The summed E-state index contributed by atoms with van der Waals surface area (Å²) < 4.78 is 52.7. The average molecular weight is 1100 g/mol. The molecular formula is C48H47BCl2F2N7O16. The number of esters is 1. The predicted molar refractivity (Wildman–Crippen MR) is 265 cm³/mol. The van der Waals surface area contributed by atoms with E-state index in [2.05, 4.69) is 21.2 Å². The van der Waals surface area contributed by atoms with E-state index < -0.39 is 79.2 Å². The number of aliphatic hydroxyl groups is 1. The number of aromatic nitrogens is 2. The fraction of sp³-hybridized carbons (Fsp3) is 0.229. The molecule has 0 bridgehead atoms. The van der Waals surface area contributed by atoms with E-state index in [0.29, 0.717) is 55.9 Å². The minimum absolute atomic E-state index is 0.0146. The minimum Gasteiger partial charge on any atom is -0.481 e. The molecule has 0 unspecified atom stereocenters. The standard InChI is InChI=1S/C23H22ClFN4O7.C21H19ClFN3O6.C4H6BO3/c1-34-20-9-18(36-28-20)22(31)27-29(12-19(23(32)33)35-21(30)10-26)11-13-2-4-14(5-3-13)16-8-15(24)6-7-17(16)25;1-31-19-9-18(32-25-19)20(28)24-26(11-17(27)21(29)30)10-12-2-4-13(5-3-12)15-8-14(22)6-7-16(15)23;6-3-5-2-1-4(7)8/h2-9,19H,10-12,26H2,1H3,(H,27,31)(H,32,33);2-9,17,27H,10-11H2,1H3,(H,24,28)(H,29,30);3H,1-2H2,(H,7,8)/t19-;17-;/m11./s1. The summed E-state index contributed by atoms with van der Waals surface area (Å²) in [5.41, 5.74) is 13.2. The summed E-state index contributed by atoms with van der Waals surface area (Å²) >= 11 is 11.9. The van der Waals surface area contributed by atoms with Crippen molar-refractivity contribution < 1.29 is 86.0 Å². The number of rotatable bonds is 24. The van der Waals surface area contributed by atoms with Gasteiger partial charge in [0.1, 0.15) is 11.6 Å². The van der Waals surface area contributed by atoms with Gasteiger partial charge in [-0.1, -0.05) is 78.1 Å². The molecule has 0 saturated carbocycles. The van der Waals surface area contributed by atoms with Gasteiger partial charge in [-0.05, 0) is 69.0 Å². The quantitative estimate of drug-likeness (QED) is 0.0141. The second-order valence-corrected chi connectivity index (χ2v) is 16.3. The Balaban J connectivity index is 0.000000288. The van der Waals surface area contributed by atoms with Crippen LogP contribution in [0.15, 0.2) is 106 Å². The van der Waals surface area contributed by atoms with Gasteiger partial charge in [-0.2, -0.15) is 0 Å². The summed E-state index contributed by atoms with van der Waals surface area (Å²) in [5.74, 6) is -7.23. The number of amides is 2. The van der Waals surface area contributed by atoms with E-state index in [1.165, 1.54) is 80.0 Å². The highest BCUT2D eigenvalue weighted by atomic mass is 35.5. The Morgan fingerprint density at radius 3 is 1.53 bits per heavy atom. The highest BCUT2D eigenvalue weighted by molar-refractivity contribution is 6.66. The van der Waals surface area contributed by atoms with Gasteiger partial charge in [-0.3, -0.25) is 30.0 Å². The van der Waals surface area contributed by atoms with Crippen LogP contribution < -0.4 is 26.1 Å². The Morgan fingerprint density at radius 1 is 0.711 bits per heavy atom. The maximum Gasteiger partial charge on any atom is 0.346 e. The van der Waals surface area contributed by atoms with Crippen molar-refractivity contribution in [3.05, 3.63) is 141 Å². The zero-order valence-corrected chi connectivity index (χ0v) is 41.6. The molecule has 28 heteroatoms. The zero-order chi connectivity index (χ0) is 55.9. The lowest BCUT2D eigenvalue weighted by Crippen LogP contribution is -2.48. The van der Waals surface area contributed by atoms with E-state index in [9.17, 15) is 52.6 Å². The molecule has 23 nitrogen and oxygen atoms in total. The molecule has 2 aromatic heterocycles. The summed E-state index contributed by atoms with van der Waals surface area (Å²) in [6.45, 7) is -1.33. The third kappa shape index (κ3) is 19.5. The SMILES string of the molecule is COc1cc(C(=O)NN(Cc2ccc(-c3cc(Cl)ccc3F)cc2)C[C@@H](O)C(=O)O)on1.COc1cc(C(=O)NN(Cc2ccc(-c3cc(Cl)ccc3F)cc2)C[C@@H](OC(=O)CN)C(=O)O)on1.O=C[B]CCC(=O)O. The van der Waals surface area contributed by atoms with Crippen LogP contribution in [0.25, 0.3) is 22.3 Å². The molecule has 2 heterocycles. The van der Waals surface area contributed by atoms with Crippen LogP contribution >= 0.6 is 23.2 Å². The molecule has 0 aliphatic carbocycles. The van der Waals surface area contributed by atoms with Crippen molar-refractivity contribution in [1.82, 2.24) is 31.2 Å². The number of halogens is 4. The van der Waals surface area contributed by atoms with E-state index in [4.69, 9.17) is 62.4 Å². The largest absolute Gasteiger partial charge is 0.481 e. The Morgan fingerprint density at radius 2 is 1.16 bits per heavy atom. The van der Waals surface area contributed by atoms with Crippen molar-refractivity contribution in [1.29, 1.82) is 0 Å². The van der Waals surface area contributed by atoms with Crippen LogP contribution in [0.3, 0.4) is 0 Å². The summed E-state index contributed by atoms with van der Waals surface area (Å²) in [6.07, 6.45) is -2.41. The third-order valence-corrected chi connectivity index (χ3v) is 10.4. The molecule has 401 valence electrons. The fourth-order valence-corrected chi connectivity index (χ4v) is 6.56. The number of hydrogen-bond acceptors (Lipinski definition) is 18. The number of carbonyl (C=O) groups excluding carboxylic acids is 4. The first-order chi connectivity index (χ1) is 36.2. The summed E-state index contributed by atoms with van der Waals surface area (Å²) in [7, 11) is 3.98. The number of carbonyl (C=O) groups is 7. The zero-order valence-electron chi connectivity index (χ0n) is 40.1. The number of carboxylic acids is 3. The van der Waals surface area contributed by atoms with Crippen molar-refractivity contribution in [2.24, 2.45) is 5.73 Å². The number of nitrogens with one attached hydrogen (secondary N) is 2. The lowest BCUT2D eigenvalue weighted by Gasteiger charge is -2.25. The topological polar surface area (TPSA) is 337 Å². The molecule has 0 spiro atoms. The minimum atomic E-state index is -1.75. The Bertz CT molecular complexity index is 2930. The van der Waals surface area contributed by atoms with E-state index in [-0.39, 0.29) is 42.8 Å². The van der Waals surface area contributed by atoms with Crippen molar-refractivity contribution in [2.75, 3.05) is 33.9 Å². The van der Waals surface area contributed by atoms with Gasteiger partial charge in [0.05, 0.1) is 52.2 Å². The Labute approximate surface area is 441 Å². The smallest absolute Gasteiger partial charge is 0.346 e. The molecule has 2 atom stereocenters.